The molecule has 0 aromatic rings. The van der Waals surface area contributed by atoms with Crippen molar-refractivity contribution in [2.75, 3.05) is 7.05 Å². The van der Waals surface area contributed by atoms with Gasteiger partial charge in [0.15, 0.2) is 0 Å². The van der Waals surface area contributed by atoms with Crippen molar-refractivity contribution in [1.29, 1.82) is 0 Å². The molecule has 1 atom stereocenters. The SMILES string of the molecule is CCCCCC(CCCC)C(=NC(C)C)N(C)F. The number of rotatable bonds is 9. The minimum Gasteiger partial charge on any atom is -0.267 e. The highest BCUT2D eigenvalue weighted by Crippen LogP contribution is 2.21. The lowest BCUT2D eigenvalue weighted by Gasteiger charge is -2.23. The number of unbranched alkanes of at least 4 members (excludes halogenated alkanes) is 3. The Labute approximate surface area is 113 Å². The number of halogens is 1. The maximum absolute atomic E-state index is 13.6. The Morgan fingerprint density at radius 3 is 2.06 bits per heavy atom. The van der Waals surface area contributed by atoms with E-state index in [2.05, 4.69) is 18.8 Å². The molecule has 2 nitrogen and oxygen atoms in total. The van der Waals surface area contributed by atoms with Gasteiger partial charge in [-0.25, -0.2) is 5.12 Å². The molecule has 0 aromatic carbocycles. The molecule has 0 N–H and O–H groups in total. The number of amidine groups is 1. The van der Waals surface area contributed by atoms with Crippen LogP contribution in [0.15, 0.2) is 4.99 Å². The van der Waals surface area contributed by atoms with Crippen LogP contribution in [0.4, 0.5) is 4.48 Å². The Morgan fingerprint density at radius 2 is 1.61 bits per heavy atom. The van der Waals surface area contributed by atoms with Crippen molar-refractivity contribution < 1.29 is 4.48 Å². The fourth-order valence-corrected chi connectivity index (χ4v) is 2.19. The van der Waals surface area contributed by atoms with Gasteiger partial charge in [-0.1, -0.05) is 50.4 Å². The first-order valence-corrected chi connectivity index (χ1v) is 7.50. The number of aliphatic imine (C=N–C) groups is 1. The van der Waals surface area contributed by atoms with Gasteiger partial charge in [-0.3, -0.25) is 4.99 Å². The number of hydrogen-bond acceptors (Lipinski definition) is 1. The molecular formula is C15H31FN2. The predicted octanol–water partition coefficient (Wildman–Crippen LogP) is 5.00. The highest BCUT2D eigenvalue weighted by molar-refractivity contribution is 5.83. The molecule has 0 amide bonds. The lowest BCUT2D eigenvalue weighted by Crippen LogP contribution is -2.28. The first kappa shape index (κ1) is 17.4. The molecule has 0 fully saturated rings. The van der Waals surface area contributed by atoms with E-state index in [4.69, 9.17) is 0 Å². The van der Waals surface area contributed by atoms with Crippen molar-refractivity contribution >= 4 is 5.84 Å². The van der Waals surface area contributed by atoms with Crippen molar-refractivity contribution in [1.82, 2.24) is 5.12 Å². The summed E-state index contributed by atoms with van der Waals surface area (Å²) in [6.07, 6.45) is 8.05. The van der Waals surface area contributed by atoms with Crippen LogP contribution in [-0.2, 0) is 0 Å². The van der Waals surface area contributed by atoms with Gasteiger partial charge in [-0.2, -0.15) is 0 Å². The maximum atomic E-state index is 13.6. The average molecular weight is 258 g/mol. The van der Waals surface area contributed by atoms with E-state index in [0.29, 0.717) is 5.84 Å². The van der Waals surface area contributed by atoms with E-state index in [0.717, 1.165) is 30.8 Å². The summed E-state index contributed by atoms with van der Waals surface area (Å²) < 4.78 is 13.6. The fraction of sp³-hybridized carbons (Fsp3) is 0.933. The molecule has 0 aliphatic carbocycles. The third-order valence-corrected chi connectivity index (χ3v) is 3.13. The van der Waals surface area contributed by atoms with Gasteiger partial charge >= 0.3 is 0 Å². The second-order valence-electron chi connectivity index (χ2n) is 5.39. The van der Waals surface area contributed by atoms with E-state index in [9.17, 15) is 4.48 Å². The zero-order valence-corrected chi connectivity index (χ0v) is 12.9. The average Bonchev–Trinajstić information content (AvgIpc) is 2.30. The molecule has 0 bridgehead atoms. The van der Waals surface area contributed by atoms with Crippen molar-refractivity contribution in [3.8, 4) is 0 Å². The maximum Gasteiger partial charge on any atom is 0.132 e. The molecule has 0 spiro atoms. The largest absolute Gasteiger partial charge is 0.267 e. The van der Waals surface area contributed by atoms with Gasteiger partial charge in [0.05, 0.1) is 0 Å². The summed E-state index contributed by atoms with van der Waals surface area (Å²) in [4.78, 5) is 4.48. The van der Waals surface area contributed by atoms with E-state index in [1.807, 2.05) is 13.8 Å². The van der Waals surface area contributed by atoms with Gasteiger partial charge in [0.1, 0.15) is 5.84 Å². The van der Waals surface area contributed by atoms with E-state index in [1.54, 1.807) is 0 Å². The molecule has 0 rings (SSSR count). The zero-order valence-electron chi connectivity index (χ0n) is 12.9. The standard InChI is InChI=1S/C15H31FN2/c1-6-8-10-12-14(11-9-7-2)15(18(5)16)17-13(3)4/h13-14H,6-12H2,1-5H3. The lowest BCUT2D eigenvalue weighted by molar-refractivity contribution is 0.147. The minimum atomic E-state index is 0.161. The molecule has 0 saturated carbocycles. The van der Waals surface area contributed by atoms with Crippen molar-refractivity contribution in [3.05, 3.63) is 0 Å². The highest BCUT2D eigenvalue weighted by Gasteiger charge is 2.19. The van der Waals surface area contributed by atoms with E-state index < -0.39 is 0 Å². The van der Waals surface area contributed by atoms with Crippen LogP contribution in [0.5, 0.6) is 0 Å². The summed E-state index contributed by atoms with van der Waals surface area (Å²) >= 11 is 0. The molecular weight excluding hydrogens is 227 g/mol. The molecule has 0 heterocycles. The normalized spacial score (nSPS) is 14.1. The Hall–Kier alpha value is -0.600. The lowest BCUT2D eigenvalue weighted by atomic mass is 9.94. The number of hydrogen-bond donors (Lipinski definition) is 0. The van der Waals surface area contributed by atoms with Gasteiger partial charge in [-0.05, 0) is 26.7 Å². The van der Waals surface area contributed by atoms with Gasteiger partial charge in [0.25, 0.3) is 0 Å². The molecule has 0 aliphatic rings. The van der Waals surface area contributed by atoms with Crippen LogP contribution in [0.3, 0.4) is 0 Å². The Bertz CT molecular complexity index is 225. The number of nitrogens with zero attached hydrogens (tertiary/aromatic N) is 2. The van der Waals surface area contributed by atoms with Crippen LogP contribution >= 0.6 is 0 Å². The molecule has 0 radical (unpaired) electrons. The molecule has 0 aliphatic heterocycles. The zero-order chi connectivity index (χ0) is 14.0. The van der Waals surface area contributed by atoms with Crippen LogP contribution in [0.25, 0.3) is 0 Å². The first-order valence-electron chi connectivity index (χ1n) is 7.50. The summed E-state index contributed by atoms with van der Waals surface area (Å²) in [6.45, 7) is 8.39. The smallest absolute Gasteiger partial charge is 0.132 e. The minimum absolute atomic E-state index is 0.161. The van der Waals surface area contributed by atoms with Crippen LogP contribution in [0, 0.1) is 5.92 Å². The summed E-state index contributed by atoms with van der Waals surface area (Å²) in [6, 6.07) is 0.161. The molecule has 0 aromatic heterocycles. The van der Waals surface area contributed by atoms with Crippen molar-refractivity contribution in [2.45, 2.75) is 78.7 Å². The van der Waals surface area contributed by atoms with E-state index >= 15 is 0 Å². The van der Waals surface area contributed by atoms with Crippen LogP contribution in [-0.4, -0.2) is 24.0 Å². The van der Waals surface area contributed by atoms with E-state index in [1.165, 1.54) is 26.3 Å². The monoisotopic (exact) mass is 258 g/mol. The molecule has 3 heteroatoms. The molecule has 1 unspecified atom stereocenters. The summed E-state index contributed by atoms with van der Waals surface area (Å²) in [5.74, 6) is 0.934. The van der Waals surface area contributed by atoms with Crippen LogP contribution in [0.2, 0.25) is 0 Å². The molecule has 108 valence electrons. The third kappa shape index (κ3) is 7.67. The van der Waals surface area contributed by atoms with Crippen LogP contribution < -0.4 is 0 Å². The summed E-state index contributed by atoms with van der Waals surface area (Å²) in [5, 5.41) is 0.728. The van der Waals surface area contributed by atoms with Crippen LogP contribution in [0.1, 0.15) is 72.6 Å². The molecule has 0 saturated heterocycles. The Kier molecular flexibility index (Phi) is 9.99. The summed E-state index contributed by atoms with van der Waals surface area (Å²) in [5.41, 5.74) is 0. The van der Waals surface area contributed by atoms with Gasteiger partial charge in [-0.15, -0.1) is 0 Å². The van der Waals surface area contributed by atoms with Gasteiger partial charge in [0.2, 0.25) is 0 Å². The Morgan fingerprint density at radius 1 is 1.06 bits per heavy atom. The quantitative estimate of drug-likeness (QED) is 0.246. The summed E-state index contributed by atoms with van der Waals surface area (Å²) in [7, 11) is 1.47. The predicted molar refractivity (Wildman–Crippen MR) is 78.6 cm³/mol. The van der Waals surface area contributed by atoms with Crippen molar-refractivity contribution in [2.24, 2.45) is 10.9 Å². The second-order valence-corrected chi connectivity index (χ2v) is 5.39. The van der Waals surface area contributed by atoms with Gasteiger partial charge in [0, 0.05) is 19.0 Å². The highest BCUT2D eigenvalue weighted by atomic mass is 19.2. The Balaban J connectivity index is 4.64. The van der Waals surface area contributed by atoms with E-state index in [-0.39, 0.29) is 12.0 Å². The molecule has 18 heavy (non-hydrogen) atoms. The first-order chi connectivity index (χ1) is 8.52. The van der Waals surface area contributed by atoms with Crippen molar-refractivity contribution in [3.63, 3.8) is 0 Å². The third-order valence-electron chi connectivity index (χ3n) is 3.13. The van der Waals surface area contributed by atoms with Gasteiger partial charge < -0.3 is 0 Å². The second kappa shape index (κ2) is 10.3. The topological polar surface area (TPSA) is 15.6 Å². The fourth-order valence-electron chi connectivity index (χ4n) is 2.19.